The maximum absolute atomic E-state index is 12.8. The predicted molar refractivity (Wildman–Crippen MR) is 91.6 cm³/mol. The number of nitrogens with zero attached hydrogens (tertiary/aromatic N) is 4. The summed E-state index contributed by atoms with van der Waals surface area (Å²) in [6.07, 6.45) is -4.47. The average molecular weight is 396 g/mol. The van der Waals surface area contributed by atoms with Gasteiger partial charge in [-0.1, -0.05) is 35.9 Å². The Morgan fingerprint density at radius 2 is 1.93 bits per heavy atom. The second-order valence-corrected chi connectivity index (χ2v) is 6.07. The van der Waals surface area contributed by atoms with E-state index in [1.807, 2.05) is 6.07 Å². The summed E-state index contributed by atoms with van der Waals surface area (Å²) in [5.41, 5.74) is 0.179. The highest BCUT2D eigenvalue weighted by Gasteiger charge is 2.30. The van der Waals surface area contributed by atoms with Crippen LogP contribution in [0, 0.1) is 0 Å². The molecule has 140 valence electrons. The van der Waals surface area contributed by atoms with Crippen LogP contribution in [0.2, 0.25) is 5.02 Å². The van der Waals surface area contributed by atoms with Crippen molar-refractivity contribution in [2.45, 2.75) is 19.3 Å². The van der Waals surface area contributed by atoms with Crippen LogP contribution < -0.4 is 5.32 Å². The normalized spacial score (nSPS) is 11.4. The van der Waals surface area contributed by atoms with Gasteiger partial charge in [0.05, 0.1) is 5.56 Å². The molecule has 3 rings (SSSR count). The molecule has 6 nitrogen and oxygen atoms in total. The molecule has 0 bridgehead atoms. The summed E-state index contributed by atoms with van der Waals surface area (Å²) in [6, 6.07) is 11.6. The summed E-state index contributed by atoms with van der Waals surface area (Å²) in [5.74, 6) is -0.369. The van der Waals surface area contributed by atoms with E-state index in [0.717, 1.165) is 22.5 Å². The zero-order valence-corrected chi connectivity index (χ0v) is 14.5. The number of benzene rings is 2. The number of aromatic nitrogens is 4. The lowest BCUT2D eigenvalue weighted by Crippen LogP contribution is -2.28. The molecular weight excluding hydrogens is 383 g/mol. The highest BCUT2D eigenvalue weighted by atomic mass is 35.5. The van der Waals surface area contributed by atoms with E-state index in [2.05, 4.69) is 20.7 Å². The van der Waals surface area contributed by atoms with Crippen LogP contribution in [0.15, 0.2) is 48.5 Å². The molecule has 0 unspecified atom stereocenters. The number of hydrogen-bond donors (Lipinski definition) is 1. The fraction of sp³-hybridized carbons (Fsp3) is 0.176. The lowest BCUT2D eigenvalue weighted by molar-refractivity contribution is -0.137. The van der Waals surface area contributed by atoms with E-state index in [4.69, 9.17) is 11.6 Å². The Balaban J connectivity index is 1.63. The Kier molecular flexibility index (Phi) is 5.41. The van der Waals surface area contributed by atoms with Gasteiger partial charge >= 0.3 is 6.18 Å². The van der Waals surface area contributed by atoms with Crippen molar-refractivity contribution < 1.29 is 18.0 Å². The summed E-state index contributed by atoms with van der Waals surface area (Å²) in [7, 11) is 0. The molecule has 1 amide bonds. The molecule has 0 spiro atoms. The Morgan fingerprint density at radius 3 is 2.67 bits per heavy atom. The standard InChI is InChI=1S/C17H13ClF3N5O/c18-14-6-1-3-11(7-14)9-22-15(27)10-26-24-16(23-25-26)12-4-2-5-13(8-12)17(19,20)21/h1-8H,9-10H2,(H,22,27). The summed E-state index contributed by atoms with van der Waals surface area (Å²) in [5, 5.41) is 14.6. The van der Waals surface area contributed by atoms with Crippen molar-refractivity contribution >= 4 is 17.5 Å². The smallest absolute Gasteiger partial charge is 0.350 e. The van der Waals surface area contributed by atoms with E-state index >= 15 is 0 Å². The molecule has 0 saturated heterocycles. The molecule has 10 heteroatoms. The SMILES string of the molecule is O=C(Cn1nnc(-c2cccc(C(F)(F)F)c2)n1)NCc1cccc(Cl)c1. The van der Waals surface area contributed by atoms with Gasteiger partial charge in [-0.25, -0.2) is 0 Å². The lowest BCUT2D eigenvalue weighted by atomic mass is 10.1. The van der Waals surface area contributed by atoms with Crippen molar-refractivity contribution in [3.8, 4) is 11.4 Å². The highest BCUT2D eigenvalue weighted by Crippen LogP contribution is 2.31. The van der Waals surface area contributed by atoms with Crippen molar-refractivity contribution in [1.29, 1.82) is 0 Å². The summed E-state index contributed by atoms with van der Waals surface area (Å²) in [6.45, 7) is 0.0566. The van der Waals surface area contributed by atoms with Crippen LogP contribution >= 0.6 is 11.6 Å². The third-order valence-corrected chi connectivity index (χ3v) is 3.80. The van der Waals surface area contributed by atoms with E-state index in [9.17, 15) is 18.0 Å². The van der Waals surface area contributed by atoms with Crippen molar-refractivity contribution in [2.75, 3.05) is 0 Å². The minimum atomic E-state index is -4.47. The number of carbonyl (C=O) groups excluding carboxylic acids is 1. The van der Waals surface area contributed by atoms with Gasteiger partial charge in [0, 0.05) is 17.1 Å². The molecule has 1 N–H and O–H groups in total. The molecule has 0 aliphatic carbocycles. The Bertz CT molecular complexity index is 957. The number of carbonyl (C=O) groups is 1. The second-order valence-electron chi connectivity index (χ2n) is 5.63. The number of tetrazole rings is 1. The van der Waals surface area contributed by atoms with Gasteiger partial charge in [0.25, 0.3) is 0 Å². The first-order chi connectivity index (χ1) is 12.8. The molecule has 1 heterocycles. The van der Waals surface area contributed by atoms with Crippen LogP contribution in [0.3, 0.4) is 0 Å². The van der Waals surface area contributed by atoms with Crippen LogP contribution in [-0.2, 0) is 24.1 Å². The van der Waals surface area contributed by atoms with Crippen LogP contribution in [0.4, 0.5) is 13.2 Å². The van der Waals surface area contributed by atoms with Crippen LogP contribution in [0.25, 0.3) is 11.4 Å². The number of rotatable bonds is 5. The zero-order chi connectivity index (χ0) is 19.4. The molecule has 1 aromatic heterocycles. The van der Waals surface area contributed by atoms with Gasteiger partial charge in [0.15, 0.2) is 0 Å². The minimum absolute atomic E-state index is 0.00346. The second kappa shape index (κ2) is 7.75. The predicted octanol–water partition coefficient (Wildman–Crippen LogP) is 3.33. The fourth-order valence-electron chi connectivity index (χ4n) is 2.29. The zero-order valence-electron chi connectivity index (χ0n) is 13.7. The van der Waals surface area contributed by atoms with Crippen LogP contribution in [0.1, 0.15) is 11.1 Å². The molecule has 0 aliphatic heterocycles. The van der Waals surface area contributed by atoms with Crippen molar-refractivity contribution in [3.05, 3.63) is 64.7 Å². The van der Waals surface area contributed by atoms with Crippen LogP contribution in [-0.4, -0.2) is 26.1 Å². The Labute approximate surface area is 157 Å². The van der Waals surface area contributed by atoms with E-state index < -0.39 is 11.7 Å². The van der Waals surface area contributed by atoms with Crippen molar-refractivity contribution in [1.82, 2.24) is 25.5 Å². The van der Waals surface area contributed by atoms with Gasteiger partial charge in [-0.2, -0.15) is 18.0 Å². The average Bonchev–Trinajstić information content (AvgIpc) is 3.08. The van der Waals surface area contributed by atoms with Gasteiger partial charge in [0.1, 0.15) is 6.54 Å². The largest absolute Gasteiger partial charge is 0.416 e. The topological polar surface area (TPSA) is 72.7 Å². The van der Waals surface area contributed by atoms with E-state index in [1.165, 1.54) is 12.1 Å². The van der Waals surface area contributed by atoms with Gasteiger partial charge in [-0.05, 0) is 35.0 Å². The number of hydrogen-bond acceptors (Lipinski definition) is 4. The van der Waals surface area contributed by atoms with E-state index in [-0.39, 0.29) is 30.4 Å². The Hall–Kier alpha value is -2.94. The number of amides is 1. The van der Waals surface area contributed by atoms with Crippen LogP contribution in [0.5, 0.6) is 0 Å². The molecule has 0 fully saturated rings. The fourth-order valence-corrected chi connectivity index (χ4v) is 2.51. The molecule has 0 atom stereocenters. The lowest BCUT2D eigenvalue weighted by Gasteiger charge is -2.06. The molecular formula is C17H13ClF3N5O. The third kappa shape index (κ3) is 5.04. The Morgan fingerprint density at radius 1 is 1.15 bits per heavy atom. The number of nitrogens with one attached hydrogen (secondary N) is 1. The van der Waals surface area contributed by atoms with Crippen molar-refractivity contribution in [2.24, 2.45) is 0 Å². The summed E-state index contributed by atoms with van der Waals surface area (Å²) >= 11 is 5.87. The molecule has 0 radical (unpaired) electrons. The summed E-state index contributed by atoms with van der Waals surface area (Å²) < 4.78 is 38.4. The molecule has 27 heavy (non-hydrogen) atoms. The maximum Gasteiger partial charge on any atom is 0.416 e. The molecule has 3 aromatic rings. The molecule has 0 saturated carbocycles. The first-order valence-corrected chi connectivity index (χ1v) is 8.15. The van der Waals surface area contributed by atoms with Crippen molar-refractivity contribution in [3.63, 3.8) is 0 Å². The maximum atomic E-state index is 12.8. The van der Waals surface area contributed by atoms with Gasteiger partial charge in [0.2, 0.25) is 11.7 Å². The summed E-state index contributed by atoms with van der Waals surface area (Å²) in [4.78, 5) is 13.0. The number of alkyl halides is 3. The minimum Gasteiger partial charge on any atom is -0.350 e. The van der Waals surface area contributed by atoms with Gasteiger partial charge in [-0.15, -0.1) is 10.2 Å². The van der Waals surface area contributed by atoms with Gasteiger partial charge < -0.3 is 5.32 Å². The van der Waals surface area contributed by atoms with E-state index in [1.54, 1.807) is 18.2 Å². The first-order valence-electron chi connectivity index (χ1n) is 7.78. The van der Waals surface area contributed by atoms with E-state index in [0.29, 0.717) is 5.02 Å². The number of halogens is 4. The molecule has 2 aromatic carbocycles. The highest BCUT2D eigenvalue weighted by molar-refractivity contribution is 6.30. The monoisotopic (exact) mass is 395 g/mol. The first kappa shape index (κ1) is 18.8. The van der Waals surface area contributed by atoms with Gasteiger partial charge in [-0.3, -0.25) is 4.79 Å². The molecule has 0 aliphatic rings. The quantitative estimate of drug-likeness (QED) is 0.719. The third-order valence-electron chi connectivity index (χ3n) is 3.56.